The van der Waals surface area contributed by atoms with Crippen molar-refractivity contribution in [2.45, 2.75) is 29.7 Å². The summed E-state index contributed by atoms with van der Waals surface area (Å²) in [6.07, 6.45) is 4.75. The van der Waals surface area contributed by atoms with E-state index in [0.29, 0.717) is 42.5 Å². The van der Waals surface area contributed by atoms with Gasteiger partial charge in [-0.25, -0.2) is 0 Å². The van der Waals surface area contributed by atoms with Crippen LogP contribution in [0.5, 0.6) is 0 Å². The first kappa shape index (κ1) is 19.2. The Morgan fingerprint density at radius 2 is 2.11 bits per heavy atom. The Morgan fingerprint density at radius 1 is 1.44 bits per heavy atom. The van der Waals surface area contributed by atoms with Crippen LogP contribution < -0.4 is 11.1 Å². The van der Waals surface area contributed by atoms with Crippen molar-refractivity contribution in [1.29, 1.82) is 5.26 Å². The number of hydrogen-bond acceptors (Lipinski definition) is 6. The van der Waals surface area contributed by atoms with Crippen molar-refractivity contribution in [1.82, 2.24) is 9.78 Å². The molecule has 0 aliphatic carbocycles. The van der Waals surface area contributed by atoms with E-state index in [2.05, 4.69) is 16.5 Å². The van der Waals surface area contributed by atoms with Crippen molar-refractivity contribution < 1.29 is 14.1 Å². The summed E-state index contributed by atoms with van der Waals surface area (Å²) in [5.74, 6) is -0.272. The van der Waals surface area contributed by atoms with Crippen molar-refractivity contribution in [3.8, 4) is 6.07 Å². The second-order valence-corrected chi connectivity index (χ2v) is 7.85. The SMILES string of the molecule is C[S+]([O-])c1ccc(Nc2nn(C3(CC#N)CCOCC3)cc2C(N)=O)cc1. The molecule has 1 amide bonds. The molecule has 1 atom stereocenters. The summed E-state index contributed by atoms with van der Waals surface area (Å²) < 4.78 is 18.6. The van der Waals surface area contributed by atoms with Crippen LogP contribution in [0.1, 0.15) is 29.6 Å². The molecule has 142 valence electrons. The minimum Gasteiger partial charge on any atom is -0.612 e. The summed E-state index contributed by atoms with van der Waals surface area (Å²) in [5.41, 5.74) is 5.96. The number of nitriles is 1. The van der Waals surface area contributed by atoms with Crippen LogP contribution in [0.2, 0.25) is 0 Å². The van der Waals surface area contributed by atoms with E-state index in [9.17, 15) is 14.6 Å². The minimum atomic E-state index is -1.07. The third-order valence-corrected chi connectivity index (χ3v) is 5.68. The molecule has 0 spiro atoms. The van der Waals surface area contributed by atoms with Gasteiger partial charge in [-0.2, -0.15) is 10.4 Å². The number of ether oxygens (including phenoxy) is 1. The Bertz CT molecular complexity index is 851. The van der Waals surface area contributed by atoms with Crippen LogP contribution >= 0.6 is 0 Å². The van der Waals surface area contributed by atoms with E-state index >= 15 is 0 Å². The van der Waals surface area contributed by atoms with Gasteiger partial charge in [0.15, 0.2) is 10.7 Å². The van der Waals surface area contributed by atoms with Crippen molar-refractivity contribution in [2.75, 3.05) is 24.8 Å². The molecule has 1 unspecified atom stereocenters. The van der Waals surface area contributed by atoms with Crippen LogP contribution in [-0.2, 0) is 21.5 Å². The average Bonchev–Trinajstić information content (AvgIpc) is 3.08. The van der Waals surface area contributed by atoms with E-state index in [-0.39, 0.29) is 12.0 Å². The summed E-state index contributed by atoms with van der Waals surface area (Å²) in [6.45, 7) is 1.07. The first-order chi connectivity index (χ1) is 12.9. The third kappa shape index (κ3) is 4.08. The number of aromatic nitrogens is 2. The molecular formula is C18H21N5O3S. The third-order valence-electron chi connectivity index (χ3n) is 4.75. The van der Waals surface area contributed by atoms with Crippen LogP contribution in [-0.4, -0.2) is 39.7 Å². The Kier molecular flexibility index (Phi) is 5.70. The Labute approximate surface area is 160 Å². The van der Waals surface area contributed by atoms with E-state index in [1.54, 1.807) is 41.4 Å². The lowest BCUT2D eigenvalue weighted by Crippen LogP contribution is -2.39. The van der Waals surface area contributed by atoms with Crippen molar-refractivity contribution in [3.05, 3.63) is 36.0 Å². The maximum absolute atomic E-state index is 11.9. The number of nitrogens with zero attached hydrogens (tertiary/aromatic N) is 3. The fourth-order valence-corrected chi connectivity index (χ4v) is 3.66. The van der Waals surface area contributed by atoms with Crippen LogP contribution in [0.3, 0.4) is 0 Å². The average molecular weight is 387 g/mol. The van der Waals surface area contributed by atoms with Gasteiger partial charge in [0.25, 0.3) is 5.91 Å². The quantitative estimate of drug-likeness (QED) is 0.728. The largest absolute Gasteiger partial charge is 0.612 e. The Morgan fingerprint density at radius 3 is 2.67 bits per heavy atom. The molecule has 8 nitrogen and oxygen atoms in total. The Hall–Kier alpha value is -2.54. The van der Waals surface area contributed by atoms with Gasteiger partial charge < -0.3 is 20.3 Å². The monoisotopic (exact) mass is 387 g/mol. The molecule has 2 aromatic rings. The number of carbonyl (C=O) groups is 1. The molecule has 27 heavy (non-hydrogen) atoms. The fraction of sp³-hybridized carbons (Fsp3) is 0.389. The van der Waals surface area contributed by atoms with E-state index in [1.807, 2.05) is 0 Å². The molecular weight excluding hydrogens is 366 g/mol. The van der Waals surface area contributed by atoms with Gasteiger partial charge in [-0.3, -0.25) is 9.48 Å². The van der Waals surface area contributed by atoms with Crippen molar-refractivity contribution in [3.63, 3.8) is 0 Å². The number of primary amides is 1. The van der Waals surface area contributed by atoms with Gasteiger partial charge in [-0.15, -0.1) is 0 Å². The van der Waals surface area contributed by atoms with Gasteiger partial charge in [-0.05, 0) is 48.3 Å². The van der Waals surface area contributed by atoms with Gasteiger partial charge >= 0.3 is 0 Å². The molecule has 3 rings (SSSR count). The summed E-state index contributed by atoms with van der Waals surface area (Å²) in [5, 5.41) is 16.9. The normalized spacial score (nSPS) is 17.1. The maximum Gasteiger partial charge on any atom is 0.254 e. The number of nitrogens with two attached hydrogens (primary N) is 1. The number of rotatable bonds is 6. The number of nitrogens with one attached hydrogen (secondary N) is 1. The number of anilines is 2. The predicted molar refractivity (Wildman–Crippen MR) is 101 cm³/mol. The highest BCUT2D eigenvalue weighted by Crippen LogP contribution is 2.34. The number of carbonyl (C=O) groups excluding carboxylic acids is 1. The number of hydrogen-bond donors (Lipinski definition) is 2. The lowest BCUT2D eigenvalue weighted by molar-refractivity contribution is 0.0172. The van der Waals surface area contributed by atoms with Gasteiger partial charge in [0.1, 0.15) is 11.8 Å². The number of amides is 1. The van der Waals surface area contributed by atoms with Crippen molar-refractivity contribution in [2.24, 2.45) is 5.73 Å². The molecule has 1 aromatic carbocycles. The van der Waals surface area contributed by atoms with E-state index in [1.165, 1.54) is 0 Å². The second kappa shape index (κ2) is 8.00. The van der Waals surface area contributed by atoms with Crippen LogP contribution in [0.25, 0.3) is 0 Å². The molecule has 0 saturated carbocycles. The topological polar surface area (TPSA) is 129 Å². The maximum atomic E-state index is 11.9. The smallest absolute Gasteiger partial charge is 0.254 e. The molecule has 1 saturated heterocycles. The minimum absolute atomic E-state index is 0.252. The summed E-state index contributed by atoms with van der Waals surface area (Å²) in [7, 11) is 0. The van der Waals surface area contributed by atoms with E-state index in [0.717, 1.165) is 0 Å². The van der Waals surface area contributed by atoms with E-state index < -0.39 is 22.6 Å². The fourth-order valence-electron chi connectivity index (χ4n) is 3.14. The molecule has 1 aromatic heterocycles. The van der Waals surface area contributed by atoms with Crippen LogP contribution in [0.15, 0.2) is 35.4 Å². The predicted octanol–water partition coefficient (Wildman–Crippen LogP) is 1.88. The van der Waals surface area contributed by atoms with Crippen molar-refractivity contribution >= 4 is 28.6 Å². The second-order valence-electron chi connectivity index (χ2n) is 6.48. The zero-order valence-corrected chi connectivity index (χ0v) is 15.8. The zero-order valence-electron chi connectivity index (χ0n) is 15.0. The highest BCUT2D eigenvalue weighted by atomic mass is 32.2. The molecule has 1 fully saturated rings. The molecule has 9 heteroatoms. The molecule has 3 N–H and O–H groups in total. The molecule has 1 aliphatic heterocycles. The highest BCUT2D eigenvalue weighted by molar-refractivity contribution is 7.90. The molecule has 1 aliphatic rings. The van der Waals surface area contributed by atoms with Crippen LogP contribution in [0, 0.1) is 11.3 Å². The highest BCUT2D eigenvalue weighted by Gasteiger charge is 2.36. The standard InChI is InChI=1S/C18H21N5O3S/c1-27(25)14-4-2-13(3-5-14)21-17-15(16(20)24)12-23(22-17)18(6-9-19)7-10-26-11-8-18/h2-5,12H,6-8,10-11H2,1H3,(H2,20,24)(H,21,22). The van der Waals surface area contributed by atoms with Gasteiger partial charge in [0.2, 0.25) is 0 Å². The van der Waals surface area contributed by atoms with Gasteiger partial charge in [-0.1, -0.05) is 0 Å². The first-order valence-corrected chi connectivity index (χ1v) is 10.1. The molecule has 2 heterocycles. The number of benzene rings is 1. The van der Waals surface area contributed by atoms with E-state index in [4.69, 9.17) is 10.5 Å². The lowest BCUT2D eigenvalue weighted by Gasteiger charge is -2.35. The van der Waals surface area contributed by atoms with Gasteiger partial charge in [0, 0.05) is 25.1 Å². The van der Waals surface area contributed by atoms with Gasteiger partial charge in [0.05, 0.1) is 18.0 Å². The first-order valence-electron chi connectivity index (χ1n) is 8.50. The molecule has 0 radical (unpaired) electrons. The van der Waals surface area contributed by atoms with Crippen LogP contribution in [0.4, 0.5) is 11.5 Å². The summed E-state index contributed by atoms with van der Waals surface area (Å²) in [6, 6.07) is 9.24. The lowest BCUT2D eigenvalue weighted by atomic mass is 9.87. The Balaban J connectivity index is 1.93. The zero-order chi connectivity index (χ0) is 19.4. The summed E-state index contributed by atoms with van der Waals surface area (Å²) in [4.78, 5) is 12.6. The summed E-state index contributed by atoms with van der Waals surface area (Å²) >= 11 is -1.07. The molecule has 0 bridgehead atoms.